The van der Waals surface area contributed by atoms with Crippen LogP contribution in [-0.4, -0.2) is 55.8 Å². The first-order valence-electron chi connectivity index (χ1n) is 9.13. The van der Waals surface area contributed by atoms with E-state index in [2.05, 4.69) is 33.4 Å². The Balaban J connectivity index is 2.65. The van der Waals surface area contributed by atoms with Gasteiger partial charge in [-0.1, -0.05) is 60.7 Å². The molecular formula is C22H31N2O2+. The standard InChI is InChI=1S/C22H30N2O2/c1-18(24(2,3)4)17-22(21(26)23-15-16-25,19-11-7-5-8-12-19)20-13-9-6-10-14-20/h5-14,18,25H,15-17H2,1-4H3/p+1/t18-/m1/s1. The summed E-state index contributed by atoms with van der Waals surface area (Å²) in [7, 11) is 6.45. The maximum atomic E-state index is 13.5. The second-order valence-corrected chi connectivity index (χ2v) is 7.79. The van der Waals surface area contributed by atoms with Crippen LogP contribution >= 0.6 is 0 Å². The maximum absolute atomic E-state index is 13.5. The Bertz CT molecular complexity index is 654. The van der Waals surface area contributed by atoms with Crippen LogP contribution in [0.2, 0.25) is 0 Å². The first-order valence-corrected chi connectivity index (χ1v) is 9.13. The van der Waals surface area contributed by atoms with Gasteiger partial charge >= 0.3 is 0 Å². The van der Waals surface area contributed by atoms with E-state index in [1.54, 1.807) is 0 Å². The molecule has 4 nitrogen and oxygen atoms in total. The van der Waals surface area contributed by atoms with Gasteiger partial charge in [-0.15, -0.1) is 0 Å². The predicted octanol–water partition coefficient (Wildman–Crippen LogP) is 2.57. The fraction of sp³-hybridized carbons (Fsp3) is 0.409. The first-order chi connectivity index (χ1) is 12.3. The van der Waals surface area contributed by atoms with Crippen LogP contribution in [-0.2, 0) is 10.2 Å². The zero-order chi connectivity index (χ0) is 19.2. The summed E-state index contributed by atoms with van der Waals surface area (Å²) in [5.41, 5.74) is 1.15. The summed E-state index contributed by atoms with van der Waals surface area (Å²) >= 11 is 0. The zero-order valence-electron chi connectivity index (χ0n) is 16.3. The van der Waals surface area contributed by atoms with Gasteiger partial charge < -0.3 is 14.9 Å². The molecule has 0 aliphatic rings. The molecule has 0 unspecified atom stereocenters. The van der Waals surface area contributed by atoms with Gasteiger partial charge in [0.15, 0.2) is 0 Å². The quantitative estimate of drug-likeness (QED) is 0.715. The van der Waals surface area contributed by atoms with Crippen molar-refractivity contribution in [3.05, 3.63) is 71.8 Å². The molecule has 1 atom stereocenters. The monoisotopic (exact) mass is 355 g/mol. The van der Waals surface area contributed by atoms with Crippen LogP contribution in [0.5, 0.6) is 0 Å². The van der Waals surface area contributed by atoms with Gasteiger partial charge in [0.05, 0.1) is 33.8 Å². The van der Waals surface area contributed by atoms with Crippen molar-refractivity contribution in [3.8, 4) is 0 Å². The molecule has 2 rings (SSSR count). The number of carbonyl (C=O) groups excluding carboxylic acids is 1. The zero-order valence-corrected chi connectivity index (χ0v) is 16.3. The molecule has 4 heteroatoms. The van der Waals surface area contributed by atoms with Crippen LogP contribution in [0.25, 0.3) is 0 Å². The van der Waals surface area contributed by atoms with Crippen LogP contribution in [0.4, 0.5) is 0 Å². The summed E-state index contributed by atoms with van der Waals surface area (Å²) in [5, 5.41) is 12.1. The predicted molar refractivity (Wildman–Crippen MR) is 106 cm³/mol. The van der Waals surface area contributed by atoms with Gasteiger partial charge in [-0.2, -0.15) is 0 Å². The molecular weight excluding hydrogens is 324 g/mol. The number of aliphatic hydroxyl groups excluding tert-OH is 1. The van der Waals surface area contributed by atoms with Crippen molar-refractivity contribution in [1.82, 2.24) is 5.32 Å². The van der Waals surface area contributed by atoms with E-state index >= 15 is 0 Å². The van der Waals surface area contributed by atoms with Crippen molar-refractivity contribution < 1.29 is 14.4 Å². The molecule has 0 fully saturated rings. The summed E-state index contributed by atoms with van der Waals surface area (Å²) in [6.07, 6.45) is 0.668. The van der Waals surface area contributed by atoms with Gasteiger partial charge in [0, 0.05) is 13.0 Å². The lowest BCUT2D eigenvalue weighted by Crippen LogP contribution is -2.53. The van der Waals surface area contributed by atoms with Crippen molar-refractivity contribution in [2.24, 2.45) is 0 Å². The minimum absolute atomic E-state index is 0.0655. The lowest BCUT2D eigenvalue weighted by Gasteiger charge is -2.40. The Labute approximate surface area is 157 Å². The maximum Gasteiger partial charge on any atom is 0.235 e. The Morgan fingerprint density at radius 2 is 1.46 bits per heavy atom. The number of benzene rings is 2. The van der Waals surface area contributed by atoms with Crippen molar-refractivity contribution >= 4 is 5.91 Å². The summed E-state index contributed by atoms with van der Waals surface area (Å²) in [5.74, 6) is -0.0655. The van der Waals surface area contributed by atoms with Gasteiger partial charge in [-0.25, -0.2) is 0 Å². The number of hydrogen-bond donors (Lipinski definition) is 2. The van der Waals surface area contributed by atoms with Gasteiger partial charge in [-0.3, -0.25) is 4.79 Å². The van der Waals surface area contributed by atoms with Gasteiger partial charge in [0.1, 0.15) is 5.41 Å². The van der Waals surface area contributed by atoms with Crippen LogP contribution in [0, 0.1) is 0 Å². The Kier molecular flexibility index (Phi) is 6.57. The molecule has 0 saturated carbocycles. The van der Waals surface area contributed by atoms with Crippen molar-refractivity contribution in [2.75, 3.05) is 34.3 Å². The molecule has 2 aromatic carbocycles. The highest BCUT2D eigenvalue weighted by Crippen LogP contribution is 2.38. The average Bonchev–Trinajstić information content (AvgIpc) is 2.64. The first kappa shape index (κ1) is 20.1. The topological polar surface area (TPSA) is 49.3 Å². The molecule has 2 aromatic rings. The number of carbonyl (C=O) groups is 1. The highest BCUT2D eigenvalue weighted by molar-refractivity contribution is 5.92. The molecule has 0 spiro atoms. The van der Waals surface area contributed by atoms with Crippen LogP contribution in [0.3, 0.4) is 0 Å². The van der Waals surface area contributed by atoms with E-state index in [0.717, 1.165) is 15.6 Å². The van der Waals surface area contributed by atoms with Crippen LogP contribution in [0.1, 0.15) is 24.5 Å². The SMILES string of the molecule is C[C@H](CC(C(=O)NCCO)(c1ccccc1)c1ccccc1)[N+](C)(C)C. The Morgan fingerprint density at radius 1 is 1.00 bits per heavy atom. The molecule has 0 heterocycles. The van der Waals surface area contributed by atoms with E-state index in [1.165, 1.54) is 0 Å². The number of hydrogen-bond acceptors (Lipinski definition) is 2. The molecule has 0 bridgehead atoms. The molecule has 0 aliphatic carbocycles. The van der Waals surface area contributed by atoms with E-state index < -0.39 is 5.41 Å². The molecule has 26 heavy (non-hydrogen) atoms. The van der Waals surface area contributed by atoms with Crippen LogP contribution in [0.15, 0.2) is 60.7 Å². The number of nitrogens with one attached hydrogen (secondary N) is 1. The summed E-state index contributed by atoms with van der Waals surface area (Å²) in [4.78, 5) is 13.5. The third-order valence-electron chi connectivity index (χ3n) is 5.24. The van der Waals surface area contributed by atoms with E-state index in [0.29, 0.717) is 6.42 Å². The molecule has 0 radical (unpaired) electrons. The fourth-order valence-electron chi connectivity index (χ4n) is 3.24. The molecule has 0 saturated heterocycles. The van der Waals surface area contributed by atoms with Gasteiger partial charge in [0.2, 0.25) is 5.91 Å². The lowest BCUT2D eigenvalue weighted by molar-refractivity contribution is -0.894. The Morgan fingerprint density at radius 3 is 1.85 bits per heavy atom. The number of nitrogens with zero attached hydrogens (tertiary/aromatic N) is 1. The molecule has 2 N–H and O–H groups in total. The van der Waals surface area contributed by atoms with E-state index in [-0.39, 0.29) is 25.1 Å². The lowest BCUT2D eigenvalue weighted by atomic mass is 9.69. The summed E-state index contributed by atoms with van der Waals surface area (Å²) < 4.78 is 0.759. The largest absolute Gasteiger partial charge is 0.395 e. The van der Waals surface area contributed by atoms with E-state index in [1.807, 2.05) is 60.7 Å². The van der Waals surface area contributed by atoms with Gasteiger partial charge in [0.25, 0.3) is 0 Å². The third kappa shape index (κ3) is 4.32. The van der Waals surface area contributed by atoms with Crippen molar-refractivity contribution in [1.29, 1.82) is 0 Å². The molecule has 140 valence electrons. The van der Waals surface area contributed by atoms with E-state index in [4.69, 9.17) is 0 Å². The number of aliphatic hydroxyl groups is 1. The second kappa shape index (κ2) is 8.47. The van der Waals surface area contributed by atoms with Crippen LogP contribution < -0.4 is 5.32 Å². The highest BCUT2D eigenvalue weighted by Gasteiger charge is 2.45. The van der Waals surface area contributed by atoms with Crippen molar-refractivity contribution in [2.45, 2.75) is 24.8 Å². The normalized spacial score (nSPS) is 13.3. The second-order valence-electron chi connectivity index (χ2n) is 7.79. The number of rotatable bonds is 8. The molecule has 1 amide bonds. The minimum Gasteiger partial charge on any atom is -0.395 e. The number of amides is 1. The fourth-order valence-corrected chi connectivity index (χ4v) is 3.24. The highest BCUT2D eigenvalue weighted by atomic mass is 16.3. The molecule has 0 aliphatic heterocycles. The molecule has 0 aromatic heterocycles. The average molecular weight is 356 g/mol. The Hall–Kier alpha value is -2.17. The third-order valence-corrected chi connectivity index (χ3v) is 5.24. The van der Waals surface area contributed by atoms with E-state index in [9.17, 15) is 9.90 Å². The smallest absolute Gasteiger partial charge is 0.235 e. The summed E-state index contributed by atoms with van der Waals surface area (Å²) in [6, 6.07) is 20.2. The minimum atomic E-state index is -0.803. The van der Waals surface area contributed by atoms with Gasteiger partial charge in [-0.05, 0) is 18.1 Å². The number of quaternary nitrogens is 1. The summed E-state index contributed by atoms with van der Waals surface area (Å²) in [6.45, 7) is 2.36. The van der Waals surface area contributed by atoms with Crippen molar-refractivity contribution in [3.63, 3.8) is 0 Å².